The van der Waals surface area contributed by atoms with Crippen molar-refractivity contribution in [1.29, 1.82) is 0 Å². The van der Waals surface area contributed by atoms with Crippen molar-refractivity contribution in [3.8, 4) is 0 Å². The molecule has 0 bridgehead atoms. The van der Waals surface area contributed by atoms with Crippen molar-refractivity contribution >= 4 is 21.9 Å². The zero-order chi connectivity index (χ0) is 8.74. The van der Waals surface area contributed by atoms with Gasteiger partial charge >= 0.3 is 0 Å². The zero-order valence-corrected chi connectivity index (χ0v) is 8.50. The molecule has 0 unspecified atom stereocenters. The molecule has 0 spiro atoms. The van der Waals surface area contributed by atoms with Crippen LogP contribution in [-0.2, 0) is 14.3 Å². The lowest BCUT2D eigenvalue weighted by Gasteiger charge is -1.99. The lowest BCUT2D eigenvalue weighted by molar-refractivity contribution is 0.323. The largest absolute Gasteiger partial charge is 0.270 e. The van der Waals surface area contributed by atoms with Crippen LogP contribution in [0.2, 0.25) is 0 Å². The minimum absolute atomic E-state index is 0.311. The van der Waals surface area contributed by atoms with Crippen LogP contribution in [0.15, 0.2) is 0 Å². The van der Waals surface area contributed by atoms with Crippen molar-refractivity contribution in [2.45, 2.75) is 13.3 Å². The molecule has 0 rings (SSSR count). The maximum absolute atomic E-state index is 10.4. The smallest absolute Gasteiger partial charge is 0.264 e. The van der Waals surface area contributed by atoms with Crippen molar-refractivity contribution in [3.05, 3.63) is 0 Å². The van der Waals surface area contributed by atoms with E-state index >= 15 is 0 Å². The van der Waals surface area contributed by atoms with Gasteiger partial charge in [0.15, 0.2) is 0 Å². The predicted molar refractivity (Wildman–Crippen MR) is 48.4 cm³/mol. The van der Waals surface area contributed by atoms with Gasteiger partial charge in [0.1, 0.15) is 0 Å². The summed E-state index contributed by atoms with van der Waals surface area (Å²) in [6, 6.07) is 0. The molecule has 0 saturated carbocycles. The highest BCUT2D eigenvalue weighted by Gasteiger charge is 1.99. The van der Waals surface area contributed by atoms with E-state index in [0.717, 1.165) is 24.2 Å². The second-order valence-electron chi connectivity index (χ2n) is 2.08. The predicted octanol–water partition coefficient (Wildman–Crippen LogP) is 1.11. The topological polar surface area (TPSA) is 43.4 Å². The fourth-order valence-electron chi connectivity index (χ4n) is 0.516. The molecule has 0 atom stereocenters. The van der Waals surface area contributed by atoms with Gasteiger partial charge in [0, 0.05) is 0 Å². The number of rotatable bonds is 6. The van der Waals surface area contributed by atoms with Crippen LogP contribution in [0.5, 0.6) is 0 Å². The molecule has 0 aliphatic rings. The summed E-state index contributed by atoms with van der Waals surface area (Å²) >= 11 is 1.78. The highest BCUT2D eigenvalue weighted by molar-refractivity contribution is 7.99. The van der Waals surface area contributed by atoms with E-state index in [1.807, 2.05) is 0 Å². The van der Waals surface area contributed by atoms with Gasteiger partial charge in [-0.15, -0.1) is 0 Å². The van der Waals surface area contributed by atoms with Gasteiger partial charge in [-0.05, 0) is 17.9 Å². The van der Waals surface area contributed by atoms with Gasteiger partial charge in [0.25, 0.3) is 10.1 Å². The van der Waals surface area contributed by atoms with Crippen LogP contribution in [0.25, 0.3) is 0 Å². The lowest BCUT2D eigenvalue weighted by atomic mass is 10.5. The first-order chi connectivity index (χ1) is 5.06. The first kappa shape index (κ1) is 11.3. The molecule has 0 aromatic heterocycles. The van der Waals surface area contributed by atoms with Gasteiger partial charge in [-0.1, -0.05) is 6.92 Å². The lowest BCUT2D eigenvalue weighted by Crippen LogP contribution is -2.04. The maximum Gasteiger partial charge on any atom is 0.264 e. The Morgan fingerprint density at radius 3 is 2.55 bits per heavy atom. The van der Waals surface area contributed by atoms with Crippen LogP contribution in [0.4, 0.5) is 0 Å². The van der Waals surface area contributed by atoms with Gasteiger partial charge in [-0.2, -0.15) is 20.2 Å². The molecule has 0 fully saturated rings. The molecule has 0 radical (unpaired) electrons. The van der Waals surface area contributed by atoms with Gasteiger partial charge < -0.3 is 0 Å². The average Bonchev–Trinajstić information content (AvgIpc) is 1.85. The third-order valence-electron chi connectivity index (χ3n) is 0.935. The molecule has 0 saturated heterocycles. The Morgan fingerprint density at radius 1 is 1.45 bits per heavy atom. The van der Waals surface area contributed by atoms with E-state index in [4.69, 9.17) is 0 Å². The SMILES string of the molecule is CCSCCCOS(C)(=O)=O. The number of thioether (sulfide) groups is 1. The monoisotopic (exact) mass is 198 g/mol. The van der Waals surface area contributed by atoms with E-state index in [2.05, 4.69) is 11.1 Å². The first-order valence-corrected chi connectivity index (χ1v) is 6.45. The van der Waals surface area contributed by atoms with Crippen molar-refractivity contribution in [2.24, 2.45) is 0 Å². The Labute approximate surface area is 72.6 Å². The Balaban J connectivity index is 3.16. The molecule has 3 nitrogen and oxygen atoms in total. The van der Waals surface area contributed by atoms with Gasteiger partial charge in [0.2, 0.25) is 0 Å². The molecule has 0 aromatic carbocycles. The van der Waals surface area contributed by atoms with Crippen LogP contribution in [0, 0.1) is 0 Å². The van der Waals surface area contributed by atoms with E-state index < -0.39 is 10.1 Å². The number of hydrogen-bond donors (Lipinski definition) is 0. The fraction of sp³-hybridized carbons (Fsp3) is 1.00. The molecule has 0 heterocycles. The molecule has 0 N–H and O–H groups in total. The minimum atomic E-state index is -3.22. The van der Waals surface area contributed by atoms with E-state index in [-0.39, 0.29) is 0 Å². The Kier molecular flexibility index (Phi) is 5.99. The summed E-state index contributed by atoms with van der Waals surface area (Å²) in [5, 5.41) is 0. The molecular weight excluding hydrogens is 184 g/mol. The van der Waals surface area contributed by atoms with Crippen molar-refractivity contribution in [3.63, 3.8) is 0 Å². The van der Waals surface area contributed by atoms with Gasteiger partial charge in [-0.25, -0.2) is 0 Å². The van der Waals surface area contributed by atoms with Crippen molar-refractivity contribution in [1.82, 2.24) is 0 Å². The Morgan fingerprint density at radius 2 is 2.09 bits per heavy atom. The quantitative estimate of drug-likeness (QED) is 0.473. The van der Waals surface area contributed by atoms with Gasteiger partial charge in [0.05, 0.1) is 12.9 Å². The summed E-state index contributed by atoms with van der Waals surface area (Å²) in [7, 11) is -3.22. The third-order valence-corrected chi connectivity index (χ3v) is 2.51. The molecule has 11 heavy (non-hydrogen) atoms. The third kappa shape index (κ3) is 10.3. The molecule has 0 aliphatic heterocycles. The summed E-state index contributed by atoms with van der Waals surface area (Å²) in [4.78, 5) is 0. The standard InChI is InChI=1S/C6H14O3S2/c1-3-10-6-4-5-9-11(2,7)8/h3-6H2,1-2H3. The van der Waals surface area contributed by atoms with Crippen LogP contribution >= 0.6 is 11.8 Å². The highest BCUT2D eigenvalue weighted by atomic mass is 32.2. The van der Waals surface area contributed by atoms with E-state index in [1.54, 1.807) is 11.8 Å². The summed E-state index contributed by atoms with van der Waals surface area (Å²) in [5.74, 6) is 2.03. The molecule has 0 aromatic rings. The van der Waals surface area contributed by atoms with Crippen LogP contribution < -0.4 is 0 Å². The highest BCUT2D eigenvalue weighted by Crippen LogP contribution is 2.01. The van der Waals surface area contributed by atoms with E-state index in [1.165, 1.54) is 0 Å². The van der Waals surface area contributed by atoms with Crippen molar-refractivity contribution in [2.75, 3.05) is 24.4 Å². The normalized spacial score (nSPS) is 11.8. The molecular formula is C6H14O3S2. The van der Waals surface area contributed by atoms with Gasteiger partial charge in [-0.3, -0.25) is 4.18 Å². The molecule has 0 aliphatic carbocycles. The van der Waals surface area contributed by atoms with E-state index in [9.17, 15) is 8.42 Å². The second-order valence-corrected chi connectivity index (χ2v) is 5.11. The molecule has 0 amide bonds. The first-order valence-electron chi connectivity index (χ1n) is 3.48. The fourth-order valence-corrected chi connectivity index (χ4v) is 1.55. The van der Waals surface area contributed by atoms with Crippen LogP contribution in [0.1, 0.15) is 13.3 Å². The van der Waals surface area contributed by atoms with Crippen LogP contribution in [0.3, 0.4) is 0 Å². The minimum Gasteiger partial charge on any atom is -0.270 e. The summed E-state index contributed by atoms with van der Waals surface area (Å²) in [6.45, 7) is 2.38. The average molecular weight is 198 g/mol. The maximum atomic E-state index is 10.4. The number of hydrogen-bond acceptors (Lipinski definition) is 4. The Hall–Kier alpha value is 0.260. The van der Waals surface area contributed by atoms with Crippen LogP contribution in [-0.4, -0.2) is 32.8 Å². The molecule has 5 heteroatoms. The summed E-state index contributed by atoms with van der Waals surface area (Å²) in [5.41, 5.74) is 0. The zero-order valence-electron chi connectivity index (χ0n) is 6.87. The molecule has 68 valence electrons. The van der Waals surface area contributed by atoms with E-state index in [0.29, 0.717) is 6.61 Å². The summed E-state index contributed by atoms with van der Waals surface area (Å²) in [6.07, 6.45) is 1.87. The van der Waals surface area contributed by atoms with Crippen molar-refractivity contribution < 1.29 is 12.6 Å². The Bertz CT molecular complexity index is 174. The second kappa shape index (κ2) is 5.85. The summed E-state index contributed by atoms with van der Waals surface area (Å²) < 4.78 is 25.4.